The summed E-state index contributed by atoms with van der Waals surface area (Å²) in [5.41, 5.74) is 14.4. The van der Waals surface area contributed by atoms with Crippen molar-refractivity contribution in [3.63, 3.8) is 0 Å². The average molecular weight is 273 g/mol. The molecule has 0 fully saturated rings. The highest BCUT2D eigenvalue weighted by Crippen LogP contribution is 2.39. The SMILES string of the molecule is C/C=C(\C=N/c1c(CC)sc2cc(N)ccc12)CN. The Morgan fingerprint density at radius 1 is 1.42 bits per heavy atom. The molecule has 0 saturated heterocycles. The van der Waals surface area contributed by atoms with Crippen molar-refractivity contribution >= 4 is 39.0 Å². The monoisotopic (exact) mass is 273 g/mol. The fourth-order valence-corrected chi connectivity index (χ4v) is 3.06. The minimum Gasteiger partial charge on any atom is -0.399 e. The van der Waals surface area contributed by atoms with Crippen LogP contribution in [0.25, 0.3) is 10.1 Å². The molecular weight excluding hydrogens is 254 g/mol. The van der Waals surface area contributed by atoms with Gasteiger partial charge in [0.05, 0.1) is 5.69 Å². The van der Waals surface area contributed by atoms with Crippen molar-refractivity contribution in [1.29, 1.82) is 0 Å². The van der Waals surface area contributed by atoms with Crippen molar-refractivity contribution in [3.8, 4) is 0 Å². The third-order valence-corrected chi connectivity index (χ3v) is 4.33. The molecule has 0 aliphatic heterocycles. The lowest BCUT2D eigenvalue weighted by Crippen LogP contribution is -2.03. The lowest BCUT2D eigenvalue weighted by molar-refractivity contribution is 1.18. The molecule has 0 aliphatic rings. The van der Waals surface area contributed by atoms with E-state index < -0.39 is 0 Å². The fraction of sp³-hybridized carbons (Fsp3) is 0.267. The van der Waals surface area contributed by atoms with E-state index >= 15 is 0 Å². The molecule has 0 bridgehead atoms. The summed E-state index contributed by atoms with van der Waals surface area (Å²) in [6.45, 7) is 4.63. The van der Waals surface area contributed by atoms with Crippen LogP contribution in [0.4, 0.5) is 11.4 Å². The summed E-state index contributed by atoms with van der Waals surface area (Å²) in [5.74, 6) is 0. The first kappa shape index (κ1) is 13.8. The van der Waals surface area contributed by atoms with Gasteiger partial charge in [-0.25, -0.2) is 0 Å². The van der Waals surface area contributed by atoms with Crippen LogP contribution in [-0.4, -0.2) is 12.8 Å². The van der Waals surface area contributed by atoms with E-state index in [1.807, 2.05) is 37.4 Å². The third kappa shape index (κ3) is 2.85. The van der Waals surface area contributed by atoms with Crippen LogP contribution in [0.15, 0.2) is 34.8 Å². The van der Waals surface area contributed by atoms with Gasteiger partial charge in [-0.15, -0.1) is 11.3 Å². The first-order valence-electron chi connectivity index (χ1n) is 6.39. The highest BCUT2D eigenvalue weighted by atomic mass is 32.1. The van der Waals surface area contributed by atoms with Crippen LogP contribution >= 0.6 is 11.3 Å². The summed E-state index contributed by atoms with van der Waals surface area (Å²) < 4.78 is 1.19. The number of rotatable bonds is 4. The fourth-order valence-electron chi connectivity index (χ4n) is 1.92. The van der Waals surface area contributed by atoms with Crippen LogP contribution in [-0.2, 0) is 6.42 Å². The first-order chi connectivity index (χ1) is 9.19. The molecular formula is C15H19N3S. The van der Waals surface area contributed by atoms with E-state index in [1.165, 1.54) is 15.0 Å². The number of aliphatic imine (C=N–C) groups is 1. The van der Waals surface area contributed by atoms with Gasteiger partial charge in [-0.2, -0.15) is 0 Å². The predicted molar refractivity (Wildman–Crippen MR) is 86.6 cm³/mol. The average Bonchev–Trinajstić information content (AvgIpc) is 2.77. The van der Waals surface area contributed by atoms with Crippen molar-refractivity contribution in [2.75, 3.05) is 12.3 Å². The Labute approximate surface area is 117 Å². The van der Waals surface area contributed by atoms with Gasteiger partial charge in [-0.05, 0) is 37.1 Å². The lowest BCUT2D eigenvalue weighted by atomic mass is 10.2. The Morgan fingerprint density at radius 2 is 2.21 bits per heavy atom. The van der Waals surface area contributed by atoms with Gasteiger partial charge < -0.3 is 11.5 Å². The Kier molecular flexibility index (Phi) is 4.35. The molecule has 4 heteroatoms. The zero-order valence-corrected chi connectivity index (χ0v) is 12.1. The maximum Gasteiger partial charge on any atom is 0.0847 e. The van der Waals surface area contributed by atoms with E-state index in [-0.39, 0.29) is 0 Å². The van der Waals surface area contributed by atoms with E-state index in [1.54, 1.807) is 11.3 Å². The van der Waals surface area contributed by atoms with E-state index in [2.05, 4.69) is 11.9 Å². The lowest BCUT2D eigenvalue weighted by Gasteiger charge is -1.98. The molecule has 0 atom stereocenters. The summed E-state index contributed by atoms with van der Waals surface area (Å²) in [6, 6.07) is 5.98. The van der Waals surface area contributed by atoms with Crippen LogP contribution in [0.2, 0.25) is 0 Å². The zero-order valence-electron chi connectivity index (χ0n) is 11.3. The van der Waals surface area contributed by atoms with Gasteiger partial charge in [-0.1, -0.05) is 13.0 Å². The summed E-state index contributed by atoms with van der Waals surface area (Å²) in [5, 5.41) is 1.17. The van der Waals surface area contributed by atoms with Gasteiger partial charge in [0.25, 0.3) is 0 Å². The Hall–Kier alpha value is -1.65. The minimum absolute atomic E-state index is 0.510. The molecule has 4 N–H and O–H groups in total. The zero-order chi connectivity index (χ0) is 13.8. The van der Waals surface area contributed by atoms with Crippen LogP contribution in [0.5, 0.6) is 0 Å². The Balaban J connectivity index is 2.52. The molecule has 0 saturated carbocycles. The van der Waals surface area contributed by atoms with Crippen molar-refractivity contribution < 1.29 is 0 Å². The van der Waals surface area contributed by atoms with Gasteiger partial charge in [0.2, 0.25) is 0 Å². The normalized spacial score (nSPS) is 12.7. The van der Waals surface area contributed by atoms with Crippen molar-refractivity contribution in [2.45, 2.75) is 20.3 Å². The van der Waals surface area contributed by atoms with Gasteiger partial charge in [-0.3, -0.25) is 4.99 Å². The number of hydrogen-bond donors (Lipinski definition) is 2. The van der Waals surface area contributed by atoms with Crippen LogP contribution in [0, 0.1) is 0 Å². The van der Waals surface area contributed by atoms with E-state index in [0.717, 1.165) is 23.4 Å². The largest absolute Gasteiger partial charge is 0.399 e. The maximum absolute atomic E-state index is 5.83. The predicted octanol–water partition coefficient (Wildman–Crippen LogP) is 3.65. The number of hydrogen-bond acceptors (Lipinski definition) is 4. The number of fused-ring (bicyclic) bond motifs is 1. The summed E-state index contributed by atoms with van der Waals surface area (Å²) >= 11 is 1.76. The van der Waals surface area contributed by atoms with Gasteiger partial charge in [0.15, 0.2) is 0 Å². The van der Waals surface area contributed by atoms with Crippen LogP contribution in [0.3, 0.4) is 0 Å². The number of aryl methyl sites for hydroxylation is 1. The van der Waals surface area contributed by atoms with Crippen LogP contribution < -0.4 is 11.5 Å². The van der Waals surface area contributed by atoms with E-state index in [0.29, 0.717) is 6.54 Å². The molecule has 0 spiro atoms. The summed E-state index contributed by atoms with van der Waals surface area (Å²) in [7, 11) is 0. The second kappa shape index (κ2) is 5.99. The summed E-state index contributed by atoms with van der Waals surface area (Å²) in [6.07, 6.45) is 4.82. The van der Waals surface area contributed by atoms with Gasteiger partial charge >= 0.3 is 0 Å². The van der Waals surface area contributed by atoms with Crippen LogP contribution in [0.1, 0.15) is 18.7 Å². The number of nitrogens with zero attached hydrogens (tertiary/aromatic N) is 1. The number of nitrogens with two attached hydrogens (primary N) is 2. The maximum atomic E-state index is 5.83. The number of nitrogen functional groups attached to an aromatic ring is 1. The Bertz CT molecular complexity index is 638. The van der Waals surface area contributed by atoms with Crippen molar-refractivity contribution in [2.24, 2.45) is 10.7 Å². The van der Waals surface area contributed by atoms with Crippen molar-refractivity contribution in [1.82, 2.24) is 0 Å². The molecule has 2 rings (SSSR count). The molecule has 0 amide bonds. The topological polar surface area (TPSA) is 64.4 Å². The third-order valence-electron chi connectivity index (χ3n) is 3.05. The number of thiophene rings is 1. The number of benzene rings is 1. The first-order valence-corrected chi connectivity index (χ1v) is 7.21. The molecule has 19 heavy (non-hydrogen) atoms. The summed E-state index contributed by atoms with van der Waals surface area (Å²) in [4.78, 5) is 5.91. The molecule has 1 aromatic carbocycles. The molecule has 100 valence electrons. The Morgan fingerprint density at radius 3 is 2.84 bits per heavy atom. The molecule has 1 heterocycles. The molecule has 0 unspecified atom stereocenters. The van der Waals surface area contributed by atoms with Gasteiger partial charge in [0, 0.05) is 33.4 Å². The molecule has 0 aliphatic carbocycles. The molecule has 0 radical (unpaired) electrons. The number of anilines is 1. The second-order valence-corrected chi connectivity index (χ2v) is 5.45. The van der Waals surface area contributed by atoms with E-state index in [9.17, 15) is 0 Å². The molecule has 2 aromatic rings. The quantitative estimate of drug-likeness (QED) is 0.659. The molecule has 3 nitrogen and oxygen atoms in total. The van der Waals surface area contributed by atoms with E-state index in [4.69, 9.17) is 11.5 Å². The van der Waals surface area contributed by atoms with Gasteiger partial charge in [0.1, 0.15) is 0 Å². The highest BCUT2D eigenvalue weighted by molar-refractivity contribution is 7.19. The highest BCUT2D eigenvalue weighted by Gasteiger charge is 2.09. The van der Waals surface area contributed by atoms with Crippen molar-refractivity contribution in [3.05, 3.63) is 34.7 Å². The standard InChI is InChI=1S/C15H19N3S/c1-3-10(8-16)9-18-15-12-6-5-11(17)7-14(12)19-13(15)4-2/h3,5-7,9H,4,8,16-17H2,1-2H3/b10-3-,18-9-. The second-order valence-electron chi connectivity index (χ2n) is 4.31. The molecule has 1 aromatic heterocycles. The minimum atomic E-state index is 0.510. The number of allylic oxidation sites excluding steroid dienone is 1. The smallest absolute Gasteiger partial charge is 0.0847 e.